The highest BCUT2D eigenvalue weighted by molar-refractivity contribution is 6.10. The second kappa shape index (κ2) is 25.5. The molecule has 81 heavy (non-hydrogen) atoms. The number of ether oxygens (including phenoxy) is 4. The Bertz CT molecular complexity index is 3130. The molecular formula is C62H67N7O12. The molecule has 1 heterocycles. The van der Waals surface area contributed by atoms with Gasteiger partial charge in [-0.15, -0.1) is 0 Å². The van der Waals surface area contributed by atoms with Gasteiger partial charge in [0, 0.05) is 36.9 Å². The number of rotatable bonds is 18. The largest absolute Gasteiger partial charge is 0.508 e. The van der Waals surface area contributed by atoms with Gasteiger partial charge in [-0.2, -0.15) is 5.10 Å². The fourth-order valence-electron chi connectivity index (χ4n) is 11.2. The molecule has 0 unspecified atom stereocenters. The summed E-state index contributed by atoms with van der Waals surface area (Å²) in [6.07, 6.45) is 2.31. The number of urea groups is 1. The van der Waals surface area contributed by atoms with Crippen LogP contribution in [0.2, 0.25) is 0 Å². The van der Waals surface area contributed by atoms with Crippen LogP contribution in [-0.4, -0.2) is 111 Å². The first-order chi connectivity index (χ1) is 39.0. The zero-order valence-corrected chi connectivity index (χ0v) is 45.8. The first-order valence-corrected chi connectivity index (χ1v) is 27.5. The Morgan fingerprint density at radius 2 is 1.22 bits per heavy atom. The fraction of sp³-hybridized carbons (Fsp3) is 0.371. The molecule has 0 spiro atoms. The number of carbonyl (C=O) groups excluding carboxylic acids is 8. The summed E-state index contributed by atoms with van der Waals surface area (Å²) >= 11 is 0. The van der Waals surface area contributed by atoms with E-state index in [2.05, 4.69) is 26.5 Å². The number of hydrogen-bond donors (Lipinski definition) is 4. The summed E-state index contributed by atoms with van der Waals surface area (Å²) in [5.41, 5.74) is 9.70. The number of nitrogens with one attached hydrogen (secondary N) is 4. The Hall–Kier alpha value is -8.87. The van der Waals surface area contributed by atoms with Crippen molar-refractivity contribution in [2.24, 2.45) is 16.9 Å². The van der Waals surface area contributed by atoms with Crippen molar-refractivity contribution in [3.63, 3.8) is 0 Å². The molecule has 0 radical (unpaired) electrons. The molecule has 3 aliphatic carbocycles. The van der Waals surface area contributed by atoms with Crippen molar-refractivity contribution >= 4 is 65.3 Å². The maximum absolute atomic E-state index is 15.0. The van der Waals surface area contributed by atoms with Crippen molar-refractivity contribution < 1.29 is 57.3 Å². The highest BCUT2D eigenvalue weighted by Gasteiger charge is 2.40. The summed E-state index contributed by atoms with van der Waals surface area (Å²) in [6, 6.07) is 34.2. The molecule has 2 atom stereocenters. The van der Waals surface area contributed by atoms with Gasteiger partial charge in [0.2, 0.25) is 5.91 Å². The van der Waals surface area contributed by atoms with Crippen LogP contribution in [0.5, 0.6) is 0 Å². The second-order valence-corrected chi connectivity index (χ2v) is 21.6. The number of anilines is 2. The van der Waals surface area contributed by atoms with E-state index in [0.717, 1.165) is 75.1 Å². The lowest BCUT2D eigenvalue weighted by molar-refractivity contribution is -0.155. The highest BCUT2D eigenvalue weighted by atomic mass is 16.7. The SMILES string of the molecule is CCC(=O)C1CCC(CNC(=O)N/N=C/[C@H](CC(=O)OC(C)(C)C)NC(=O)CN2C(=O)[C@@H](NC(=O)OCC3c4ccccc4-c4ccccc43)CN(C(=O)COC(=O)OCC3c4ccccc4-c4ccccc43)c3ccccc32)CC1. The van der Waals surface area contributed by atoms with Gasteiger partial charge >= 0.3 is 24.2 Å². The summed E-state index contributed by atoms with van der Waals surface area (Å²) in [6.45, 7) is 5.12. The van der Waals surface area contributed by atoms with Crippen molar-refractivity contribution in [3.05, 3.63) is 144 Å². The molecule has 9 rings (SSSR count). The Kier molecular flexibility index (Phi) is 17.9. The van der Waals surface area contributed by atoms with Crippen LogP contribution in [0.1, 0.15) is 100 Å². The first kappa shape index (κ1) is 56.8. The molecule has 5 aromatic rings. The summed E-state index contributed by atoms with van der Waals surface area (Å²) in [5, 5.41) is 12.2. The lowest BCUT2D eigenvalue weighted by atomic mass is 9.79. The smallest absolute Gasteiger partial charge is 0.460 e. The molecule has 1 saturated carbocycles. The van der Waals surface area contributed by atoms with Crippen LogP contribution in [0.3, 0.4) is 0 Å². The third-order valence-electron chi connectivity index (χ3n) is 15.1. The monoisotopic (exact) mass is 1100 g/mol. The number of nitrogens with zero attached hydrogens (tertiary/aromatic N) is 3. The van der Waals surface area contributed by atoms with Crippen molar-refractivity contribution in [1.82, 2.24) is 21.4 Å². The molecule has 422 valence electrons. The summed E-state index contributed by atoms with van der Waals surface area (Å²) < 4.78 is 22.4. The molecule has 19 nitrogen and oxygen atoms in total. The Labute approximate surface area is 470 Å². The number of hydrogen-bond acceptors (Lipinski definition) is 13. The van der Waals surface area contributed by atoms with Crippen LogP contribution in [0.25, 0.3) is 22.3 Å². The van der Waals surface area contributed by atoms with Crippen molar-refractivity contribution in [3.8, 4) is 22.3 Å². The number of para-hydroxylation sites is 2. The van der Waals surface area contributed by atoms with Gasteiger partial charge in [-0.1, -0.05) is 116 Å². The second-order valence-electron chi connectivity index (χ2n) is 21.6. The minimum absolute atomic E-state index is 0.0520. The Balaban J connectivity index is 0.905. The minimum atomic E-state index is -1.53. The molecule has 0 bridgehead atoms. The number of ketones is 1. The molecule has 4 N–H and O–H groups in total. The molecule has 0 aromatic heterocycles. The van der Waals surface area contributed by atoms with E-state index in [-0.39, 0.29) is 54.0 Å². The number of amides is 6. The van der Waals surface area contributed by atoms with E-state index in [0.29, 0.717) is 13.0 Å². The molecule has 1 aliphatic heterocycles. The standard InChI is InChI=1S/C62H67N7O12/c1-5-54(70)39-28-26-38(27-29-39)31-63-59(75)67-64-32-40(30-57(73)81-62(2,3)4)65-55(71)34-69-53-25-15-14-24-52(53)68(56(72)37-80-61(77)79-36-50-47-22-12-8-18-43(47)44-19-9-13-23-48(44)50)33-51(58(69)74)66-60(76)78-35-49-45-20-10-6-16-41(45)42-17-7-11-21-46(42)49/h6-25,32,38-40,49-51H,5,26-31,33-37H2,1-4H3,(H,65,71)(H,66,76)(H2,63,67,75)/b64-32+/t38?,39?,40-,51-/m0/s1. The zero-order chi connectivity index (χ0) is 57.2. The number of fused-ring (bicyclic) bond motifs is 7. The van der Waals surface area contributed by atoms with Gasteiger partial charge in [-0.25, -0.2) is 19.8 Å². The van der Waals surface area contributed by atoms with Crippen LogP contribution in [0, 0.1) is 11.8 Å². The summed E-state index contributed by atoms with van der Waals surface area (Å²) in [7, 11) is 0. The van der Waals surface area contributed by atoms with Crippen molar-refractivity contribution in [1.29, 1.82) is 0 Å². The normalized spacial score (nSPS) is 17.7. The first-order valence-electron chi connectivity index (χ1n) is 27.5. The number of carbonyl (C=O) groups is 8. The fourth-order valence-corrected chi connectivity index (χ4v) is 11.2. The lowest BCUT2D eigenvalue weighted by Gasteiger charge is -2.27. The van der Waals surface area contributed by atoms with E-state index in [1.54, 1.807) is 39.0 Å². The number of benzene rings is 5. The van der Waals surface area contributed by atoms with Crippen LogP contribution in [0.4, 0.5) is 25.8 Å². The van der Waals surface area contributed by atoms with Crippen LogP contribution in [-0.2, 0) is 42.9 Å². The van der Waals surface area contributed by atoms with Crippen LogP contribution in [0.15, 0.2) is 126 Å². The van der Waals surface area contributed by atoms with Crippen LogP contribution < -0.4 is 31.2 Å². The van der Waals surface area contributed by atoms with Gasteiger partial charge in [-0.3, -0.25) is 28.9 Å². The zero-order valence-electron chi connectivity index (χ0n) is 45.8. The van der Waals surface area contributed by atoms with E-state index in [9.17, 15) is 38.4 Å². The average Bonchev–Trinajstić information content (AvgIpc) is 4.03. The van der Waals surface area contributed by atoms with Gasteiger partial charge in [0.15, 0.2) is 6.61 Å². The van der Waals surface area contributed by atoms with Crippen LogP contribution >= 0.6 is 0 Å². The predicted molar refractivity (Wildman–Crippen MR) is 302 cm³/mol. The van der Waals surface area contributed by atoms with Gasteiger partial charge in [0.05, 0.1) is 30.4 Å². The van der Waals surface area contributed by atoms with E-state index < -0.39 is 85.8 Å². The lowest BCUT2D eigenvalue weighted by Crippen LogP contribution is -2.55. The molecule has 6 amide bonds. The third-order valence-corrected chi connectivity index (χ3v) is 15.1. The number of alkyl carbamates (subject to hydrolysis) is 1. The Morgan fingerprint density at radius 3 is 1.78 bits per heavy atom. The van der Waals surface area contributed by atoms with Gasteiger partial charge in [0.1, 0.15) is 37.2 Å². The summed E-state index contributed by atoms with van der Waals surface area (Å²) in [4.78, 5) is 111. The van der Waals surface area contributed by atoms with E-state index in [1.807, 2.05) is 104 Å². The molecule has 4 aliphatic rings. The molecule has 19 heteroatoms. The van der Waals surface area contributed by atoms with Crippen molar-refractivity contribution in [2.75, 3.05) is 49.3 Å². The minimum Gasteiger partial charge on any atom is -0.460 e. The predicted octanol–water partition coefficient (Wildman–Crippen LogP) is 8.53. The van der Waals surface area contributed by atoms with Crippen molar-refractivity contribution in [2.45, 2.75) is 95.7 Å². The maximum Gasteiger partial charge on any atom is 0.508 e. The third kappa shape index (κ3) is 13.8. The molecular weight excluding hydrogens is 1030 g/mol. The highest BCUT2D eigenvalue weighted by Crippen LogP contribution is 2.46. The van der Waals surface area contributed by atoms with E-state index >= 15 is 0 Å². The topological polar surface area (TPSA) is 240 Å². The van der Waals surface area contributed by atoms with E-state index in [1.165, 1.54) is 17.2 Å². The van der Waals surface area contributed by atoms with Gasteiger partial charge in [0.25, 0.3) is 11.8 Å². The summed E-state index contributed by atoms with van der Waals surface area (Å²) in [5.74, 6) is -3.17. The number of Topliss-reactive ketones (excluding diaryl/α,β-unsaturated/α-hetero) is 1. The average molecular weight is 1100 g/mol. The Morgan fingerprint density at radius 1 is 0.691 bits per heavy atom. The number of hydrazone groups is 1. The quantitative estimate of drug-likeness (QED) is 0.0279. The maximum atomic E-state index is 15.0. The molecule has 5 aromatic carbocycles. The van der Waals surface area contributed by atoms with Gasteiger partial charge in [-0.05, 0) is 109 Å². The molecule has 1 fully saturated rings. The number of esters is 1. The van der Waals surface area contributed by atoms with Gasteiger partial charge < -0.3 is 39.8 Å². The van der Waals surface area contributed by atoms with E-state index in [4.69, 9.17) is 18.9 Å². The molecule has 0 saturated heterocycles.